The summed E-state index contributed by atoms with van der Waals surface area (Å²) in [6.45, 7) is 2.73. The van der Waals surface area contributed by atoms with Gasteiger partial charge in [-0.05, 0) is 30.7 Å². The Morgan fingerprint density at radius 1 is 1.05 bits per heavy atom. The number of benzene rings is 2. The van der Waals surface area contributed by atoms with Gasteiger partial charge in [-0.25, -0.2) is 0 Å². The molecule has 0 aromatic heterocycles. The van der Waals surface area contributed by atoms with Gasteiger partial charge in [0.25, 0.3) is 0 Å². The molecule has 0 unspecified atom stereocenters. The van der Waals surface area contributed by atoms with Gasteiger partial charge in [-0.3, -0.25) is 0 Å². The first-order valence-corrected chi connectivity index (χ1v) is 7.10. The van der Waals surface area contributed by atoms with Crippen molar-refractivity contribution in [2.75, 3.05) is 13.7 Å². The molecule has 0 heterocycles. The highest BCUT2D eigenvalue weighted by atomic mass is 32.2. The molecule has 1 nitrogen and oxygen atoms in total. The molecule has 0 atom stereocenters. The van der Waals surface area contributed by atoms with Crippen LogP contribution in [0.2, 0.25) is 0 Å². The van der Waals surface area contributed by atoms with Crippen LogP contribution in [0.5, 0.6) is 0 Å². The smallest absolute Gasteiger partial charge is 0.0657 e. The highest BCUT2D eigenvalue weighted by molar-refractivity contribution is 8.08. The zero-order valence-corrected chi connectivity index (χ0v) is 12.1. The SMILES string of the molecule is COC/C=C(/Sc1ccccc1)c1ccc(C)cc1. The average molecular weight is 270 g/mol. The molecule has 0 N–H and O–H groups in total. The van der Waals surface area contributed by atoms with Crippen LogP contribution >= 0.6 is 11.8 Å². The fourth-order valence-corrected chi connectivity index (χ4v) is 2.66. The van der Waals surface area contributed by atoms with Gasteiger partial charge in [0, 0.05) is 16.9 Å². The van der Waals surface area contributed by atoms with E-state index in [1.54, 1.807) is 18.9 Å². The van der Waals surface area contributed by atoms with E-state index in [0.717, 1.165) is 0 Å². The van der Waals surface area contributed by atoms with Gasteiger partial charge >= 0.3 is 0 Å². The zero-order chi connectivity index (χ0) is 13.5. The number of thioether (sulfide) groups is 1. The Kier molecular flexibility index (Phi) is 5.25. The van der Waals surface area contributed by atoms with Crippen LogP contribution in [0.15, 0.2) is 65.6 Å². The van der Waals surface area contributed by atoms with Gasteiger partial charge in [0.15, 0.2) is 0 Å². The Bertz CT molecular complexity index is 529. The molecule has 0 spiro atoms. The van der Waals surface area contributed by atoms with Gasteiger partial charge in [-0.1, -0.05) is 59.8 Å². The fraction of sp³-hybridized carbons (Fsp3) is 0.176. The lowest BCUT2D eigenvalue weighted by Crippen LogP contribution is -1.87. The average Bonchev–Trinajstić information content (AvgIpc) is 2.45. The van der Waals surface area contributed by atoms with Crippen LogP contribution in [0.1, 0.15) is 11.1 Å². The molecular weight excluding hydrogens is 252 g/mol. The minimum Gasteiger partial charge on any atom is -0.381 e. The maximum atomic E-state index is 5.17. The van der Waals surface area contributed by atoms with Gasteiger partial charge < -0.3 is 4.74 Å². The minimum atomic E-state index is 0.628. The lowest BCUT2D eigenvalue weighted by molar-refractivity contribution is 0.234. The molecule has 0 radical (unpaired) electrons. The van der Waals surface area contributed by atoms with E-state index in [-0.39, 0.29) is 0 Å². The lowest BCUT2D eigenvalue weighted by Gasteiger charge is -2.08. The van der Waals surface area contributed by atoms with Crippen molar-refractivity contribution in [3.05, 3.63) is 71.8 Å². The lowest BCUT2D eigenvalue weighted by atomic mass is 10.1. The van der Waals surface area contributed by atoms with E-state index >= 15 is 0 Å². The molecule has 2 heteroatoms. The monoisotopic (exact) mass is 270 g/mol. The van der Waals surface area contributed by atoms with Gasteiger partial charge in [-0.2, -0.15) is 0 Å². The summed E-state index contributed by atoms with van der Waals surface area (Å²) in [6, 6.07) is 19.0. The molecule has 2 rings (SSSR count). The third-order valence-corrected chi connectivity index (χ3v) is 3.87. The van der Waals surface area contributed by atoms with E-state index in [1.807, 2.05) is 6.07 Å². The highest BCUT2D eigenvalue weighted by Crippen LogP contribution is 2.34. The molecule has 0 aliphatic carbocycles. The molecule has 2 aromatic carbocycles. The summed E-state index contributed by atoms with van der Waals surface area (Å²) in [7, 11) is 1.72. The van der Waals surface area contributed by atoms with Gasteiger partial charge in [0.2, 0.25) is 0 Å². The maximum absolute atomic E-state index is 5.17. The standard InChI is InChI=1S/C17H18OS/c1-14-8-10-15(11-9-14)17(12-13-18-2)19-16-6-4-3-5-7-16/h3-12H,13H2,1-2H3/b17-12+. The number of aryl methyl sites for hydroxylation is 1. The van der Waals surface area contributed by atoms with Crippen molar-refractivity contribution >= 4 is 16.7 Å². The molecule has 0 aliphatic heterocycles. The topological polar surface area (TPSA) is 9.23 Å². The Balaban J connectivity index is 2.24. The fourth-order valence-electron chi connectivity index (χ4n) is 1.71. The van der Waals surface area contributed by atoms with Crippen molar-refractivity contribution in [3.8, 4) is 0 Å². The van der Waals surface area contributed by atoms with Crippen LogP contribution in [0.3, 0.4) is 0 Å². The van der Waals surface area contributed by atoms with E-state index in [1.165, 1.54) is 20.9 Å². The Morgan fingerprint density at radius 3 is 2.37 bits per heavy atom. The van der Waals surface area contributed by atoms with Crippen LogP contribution in [-0.2, 0) is 4.74 Å². The minimum absolute atomic E-state index is 0.628. The molecule has 19 heavy (non-hydrogen) atoms. The summed E-state index contributed by atoms with van der Waals surface area (Å²) in [6.07, 6.45) is 2.13. The first-order valence-electron chi connectivity index (χ1n) is 6.28. The molecular formula is C17H18OS. The van der Waals surface area contributed by atoms with Crippen molar-refractivity contribution in [2.24, 2.45) is 0 Å². The third-order valence-electron chi connectivity index (χ3n) is 2.74. The quantitative estimate of drug-likeness (QED) is 0.723. The summed E-state index contributed by atoms with van der Waals surface area (Å²) < 4.78 is 5.17. The summed E-state index contributed by atoms with van der Waals surface area (Å²) in [5.74, 6) is 0. The number of hydrogen-bond donors (Lipinski definition) is 0. The first kappa shape index (κ1) is 13.9. The normalized spacial score (nSPS) is 11.6. The largest absolute Gasteiger partial charge is 0.381 e. The van der Waals surface area contributed by atoms with E-state index < -0.39 is 0 Å². The van der Waals surface area contributed by atoms with Crippen LogP contribution < -0.4 is 0 Å². The zero-order valence-electron chi connectivity index (χ0n) is 11.3. The van der Waals surface area contributed by atoms with Gasteiger partial charge in [-0.15, -0.1) is 0 Å². The van der Waals surface area contributed by atoms with E-state index in [0.29, 0.717) is 6.61 Å². The predicted octanol–water partition coefficient (Wildman–Crippen LogP) is 4.77. The summed E-state index contributed by atoms with van der Waals surface area (Å²) in [5.41, 5.74) is 2.51. The molecule has 0 fully saturated rings. The Morgan fingerprint density at radius 2 is 1.74 bits per heavy atom. The molecule has 0 aliphatic rings. The van der Waals surface area contributed by atoms with Crippen LogP contribution in [0, 0.1) is 6.92 Å². The second kappa shape index (κ2) is 7.17. The van der Waals surface area contributed by atoms with E-state index in [4.69, 9.17) is 4.74 Å². The summed E-state index contributed by atoms with van der Waals surface area (Å²) >= 11 is 1.77. The first-order chi connectivity index (χ1) is 9.29. The van der Waals surface area contributed by atoms with Crippen molar-refractivity contribution in [1.29, 1.82) is 0 Å². The molecule has 0 bridgehead atoms. The van der Waals surface area contributed by atoms with Gasteiger partial charge in [0.1, 0.15) is 0 Å². The second-order valence-corrected chi connectivity index (χ2v) is 5.42. The van der Waals surface area contributed by atoms with Crippen LogP contribution in [0.25, 0.3) is 4.91 Å². The number of rotatable bonds is 5. The van der Waals surface area contributed by atoms with Crippen LogP contribution in [0.4, 0.5) is 0 Å². The van der Waals surface area contributed by atoms with Crippen molar-refractivity contribution in [2.45, 2.75) is 11.8 Å². The molecule has 2 aromatic rings. The Hall–Kier alpha value is -1.51. The summed E-state index contributed by atoms with van der Waals surface area (Å²) in [4.78, 5) is 2.47. The van der Waals surface area contributed by atoms with E-state index in [2.05, 4.69) is 61.5 Å². The van der Waals surface area contributed by atoms with Gasteiger partial charge in [0.05, 0.1) is 6.61 Å². The number of hydrogen-bond acceptors (Lipinski definition) is 2. The third kappa shape index (κ3) is 4.27. The van der Waals surface area contributed by atoms with Crippen LogP contribution in [-0.4, -0.2) is 13.7 Å². The highest BCUT2D eigenvalue weighted by Gasteiger charge is 2.03. The molecule has 0 saturated heterocycles. The molecule has 0 amide bonds. The Labute approximate surface area is 119 Å². The second-order valence-electron chi connectivity index (χ2n) is 4.30. The number of ether oxygens (including phenoxy) is 1. The molecule has 98 valence electrons. The molecule has 0 saturated carbocycles. The predicted molar refractivity (Wildman–Crippen MR) is 83.3 cm³/mol. The van der Waals surface area contributed by atoms with Crippen molar-refractivity contribution in [1.82, 2.24) is 0 Å². The van der Waals surface area contributed by atoms with E-state index in [9.17, 15) is 0 Å². The van der Waals surface area contributed by atoms with Crippen molar-refractivity contribution < 1.29 is 4.74 Å². The number of methoxy groups -OCH3 is 1. The maximum Gasteiger partial charge on any atom is 0.0657 e. The summed E-state index contributed by atoms with van der Waals surface area (Å²) in [5, 5.41) is 0. The van der Waals surface area contributed by atoms with Crippen molar-refractivity contribution in [3.63, 3.8) is 0 Å².